The molecule has 0 unspecified atom stereocenters. The molecule has 0 saturated carbocycles. The van der Waals surface area contributed by atoms with E-state index in [-0.39, 0.29) is 0 Å². The molecule has 0 amide bonds. The fourth-order valence-electron chi connectivity index (χ4n) is 3.49. The van der Waals surface area contributed by atoms with Crippen molar-refractivity contribution < 1.29 is 4.74 Å². The first-order valence-corrected chi connectivity index (χ1v) is 9.12. The summed E-state index contributed by atoms with van der Waals surface area (Å²) in [7, 11) is 0. The minimum atomic E-state index is 0.781. The summed E-state index contributed by atoms with van der Waals surface area (Å²) in [5, 5.41) is 3.44. The number of rotatable bonds is 5. The predicted molar refractivity (Wildman–Crippen MR) is 99.5 cm³/mol. The summed E-state index contributed by atoms with van der Waals surface area (Å²) < 4.78 is 5.39. The van der Waals surface area contributed by atoms with Gasteiger partial charge in [-0.2, -0.15) is 4.98 Å². The number of benzene rings is 1. The van der Waals surface area contributed by atoms with Crippen molar-refractivity contribution in [2.75, 3.05) is 56.2 Å². The smallest absolute Gasteiger partial charge is 0.231 e. The lowest BCUT2D eigenvalue weighted by Crippen LogP contribution is -2.39. The van der Waals surface area contributed by atoms with Crippen molar-refractivity contribution >= 4 is 17.5 Å². The molecule has 1 saturated heterocycles. The molecule has 2 aromatic rings. The quantitative estimate of drug-likeness (QED) is 0.902. The van der Waals surface area contributed by atoms with Gasteiger partial charge in [0.05, 0.1) is 13.2 Å². The number of morpholine rings is 1. The Morgan fingerprint density at radius 1 is 1.08 bits per heavy atom. The second kappa shape index (κ2) is 7.80. The minimum absolute atomic E-state index is 0.781. The molecule has 132 valence electrons. The molecular weight excluding hydrogens is 314 g/mol. The van der Waals surface area contributed by atoms with Gasteiger partial charge in [-0.3, -0.25) is 4.90 Å². The van der Waals surface area contributed by atoms with Crippen LogP contribution in [0.4, 0.5) is 17.5 Å². The van der Waals surface area contributed by atoms with E-state index in [0.717, 1.165) is 70.5 Å². The lowest BCUT2D eigenvalue weighted by atomic mass is 10.0. The van der Waals surface area contributed by atoms with Crippen LogP contribution in [0.25, 0.3) is 0 Å². The van der Waals surface area contributed by atoms with Gasteiger partial charge in [-0.05, 0) is 30.5 Å². The zero-order valence-corrected chi connectivity index (χ0v) is 14.5. The van der Waals surface area contributed by atoms with Crippen LogP contribution in [0.5, 0.6) is 0 Å². The minimum Gasteiger partial charge on any atom is -0.379 e. The molecule has 3 heterocycles. The van der Waals surface area contributed by atoms with Gasteiger partial charge in [0.2, 0.25) is 5.95 Å². The van der Waals surface area contributed by atoms with Crippen LogP contribution in [0.3, 0.4) is 0 Å². The Kier molecular flexibility index (Phi) is 5.09. The van der Waals surface area contributed by atoms with Crippen molar-refractivity contribution in [1.82, 2.24) is 14.9 Å². The fraction of sp³-hybridized carbons (Fsp3) is 0.474. The maximum atomic E-state index is 5.39. The van der Waals surface area contributed by atoms with Gasteiger partial charge in [0.25, 0.3) is 0 Å². The number of aryl methyl sites for hydroxylation is 1. The molecule has 1 N–H and O–H groups in total. The fourth-order valence-corrected chi connectivity index (χ4v) is 3.49. The SMILES string of the molecule is c1ccc2c(c1)CCCN2c1nccc(NCCN2CCOCC2)n1. The van der Waals surface area contributed by atoms with Gasteiger partial charge >= 0.3 is 0 Å². The van der Waals surface area contributed by atoms with E-state index < -0.39 is 0 Å². The molecule has 6 nitrogen and oxygen atoms in total. The number of hydrogen-bond donors (Lipinski definition) is 1. The zero-order valence-electron chi connectivity index (χ0n) is 14.5. The molecule has 25 heavy (non-hydrogen) atoms. The Morgan fingerprint density at radius 2 is 1.96 bits per heavy atom. The number of fused-ring (bicyclic) bond motifs is 1. The number of anilines is 3. The summed E-state index contributed by atoms with van der Waals surface area (Å²) in [5.41, 5.74) is 2.61. The van der Waals surface area contributed by atoms with E-state index in [1.807, 2.05) is 12.3 Å². The van der Waals surface area contributed by atoms with Crippen LogP contribution in [0.2, 0.25) is 0 Å². The van der Waals surface area contributed by atoms with Crippen LogP contribution < -0.4 is 10.2 Å². The van der Waals surface area contributed by atoms with E-state index >= 15 is 0 Å². The third-order valence-corrected chi connectivity index (χ3v) is 4.83. The normalized spacial score (nSPS) is 18.0. The van der Waals surface area contributed by atoms with Crippen molar-refractivity contribution in [3.8, 4) is 0 Å². The van der Waals surface area contributed by atoms with Crippen molar-refractivity contribution in [2.45, 2.75) is 12.8 Å². The highest BCUT2D eigenvalue weighted by Crippen LogP contribution is 2.31. The van der Waals surface area contributed by atoms with E-state index in [1.165, 1.54) is 11.3 Å². The van der Waals surface area contributed by atoms with Gasteiger partial charge in [-0.15, -0.1) is 0 Å². The first-order chi connectivity index (χ1) is 12.4. The third-order valence-electron chi connectivity index (χ3n) is 4.83. The number of aromatic nitrogens is 2. The van der Waals surface area contributed by atoms with Crippen LogP contribution in [0, 0.1) is 0 Å². The van der Waals surface area contributed by atoms with Gasteiger partial charge in [0.15, 0.2) is 0 Å². The summed E-state index contributed by atoms with van der Waals surface area (Å²) in [6, 6.07) is 10.5. The Bertz CT molecular complexity index is 702. The largest absolute Gasteiger partial charge is 0.379 e. The van der Waals surface area contributed by atoms with Gasteiger partial charge < -0.3 is 15.0 Å². The average Bonchev–Trinajstić information content (AvgIpc) is 2.69. The summed E-state index contributed by atoms with van der Waals surface area (Å²) in [6.07, 6.45) is 4.11. The molecule has 0 bridgehead atoms. The highest BCUT2D eigenvalue weighted by Gasteiger charge is 2.19. The molecule has 6 heteroatoms. The number of nitrogens with zero attached hydrogens (tertiary/aromatic N) is 4. The molecule has 2 aliphatic heterocycles. The molecule has 0 spiro atoms. The van der Waals surface area contributed by atoms with Gasteiger partial charge in [-0.25, -0.2) is 4.98 Å². The van der Waals surface area contributed by atoms with Crippen LogP contribution in [-0.4, -0.2) is 60.8 Å². The lowest BCUT2D eigenvalue weighted by Gasteiger charge is -2.29. The Hall–Kier alpha value is -2.18. The van der Waals surface area contributed by atoms with Crippen molar-refractivity contribution in [2.24, 2.45) is 0 Å². The maximum Gasteiger partial charge on any atom is 0.231 e. The second-order valence-electron chi connectivity index (χ2n) is 6.51. The average molecular weight is 339 g/mol. The van der Waals surface area contributed by atoms with Crippen molar-refractivity contribution in [3.63, 3.8) is 0 Å². The molecule has 1 aromatic heterocycles. The molecule has 0 radical (unpaired) electrons. The monoisotopic (exact) mass is 339 g/mol. The number of nitrogens with one attached hydrogen (secondary N) is 1. The molecule has 0 atom stereocenters. The zero-order chi connectivity index (χ0) is 16.9. The standard InChI is InChI=1S/C19H25N5O/c1-2-6-17-16(4-1)5-3-10-24(17)19-21-8-7-18(22-19)20-9-11-23-12-14-25-15-13-23/h1-2,4,6-8H,3,5,9-15H2,(H,20,21,22). The van der Waals surface area contributed by atoms with Crippen molar-refractivity contribution in [3.05, 3.63) is 42.1 Å². The summed E-state index contributed by atoms with van der Waals surface area (Å²) >= 11 is 0. The second-order valence-corrected chi connectivity index (χ2v) is 6.51. The molecule has 4 rings (SSSR count). The summed E-state index contributed by atoms with van der Waals surface area (Å²) in [5.74, 6) is 1.67. The van der Waals surface area contributed by atoms with Gasteiger partial charge in [0, 0.05) is 44.6 Å². The first-order valence-electron chi connectivity index (χ1n) is 9.12. The number of hydrogen-bond acceptors (Lipinski definition) is 6. The number of para-hydroxylation sites is 1. The van der Waals surface area contributed by atoms with Gasteiger partial charge in [-0.1, -0.05) is 18.2 Å². The van der Waals surface area contributed by atoms with Crippen LogP contribution in [-0.2, 0) is 11.2 Å². The van der Waals surface area contributed by atoms with Gasteiger partial charge in [0.1, 0.15) is 5.82 Å². The Morgan fingerprint density at radius 3 is 2.88 bits per heavy atom. The highest BCUT2D eigenvalue weighted by molar-refractivity contribution is 5.64. The van der Waals surface area contributed by atoms with E-state index in [1.54, 1.807) is 0 Å². The van der Waals surface area contributed by atoms with Crippen LogP contribution >= 0.6 is 0 Å². The van der Waals surface area contributed by atoms with E-state index in [9.17, 15) is 0 Å². The topological polar surface area (TPSA) is 53.5 Å². The summed E-state index contributed by atoms with van der Waals surface area (Å²) in [4.78, 5) is 13.9. The molecule has 2 aliphatic rings. The Balaban J connectivity index is 1.41. The van der Waals surface area contributed by atoms with E-state index in [2.05, 4.69) is 44.4 Å². The molecular formula is C19H25N5O. The van der Waals surface area contributed by atoms with Crippen LogP contribution in [0.15, 0.2) is 36.5 Å². The van der Waals surface area contributed by atoms with E-state index in [4.69, 9.17) is 9.72 Å². The van der Waals surface area contributed by atoms with E-state index in [0.29, 0.717) is 0 Å². The lowest BCUT2D eigenvalue weighted by molar-refractivity contribution is 0.0398. The highest BCUT2D eigenvalue weighted by atomic mass is 16.5. The molecule has 1 fully saturated rings. The predicted octanol–water partition coefficient (Wildman–Crippen LogP) is 2.30. The Labute approximate surface area is 148 Å². The number of ether oxygens (including phenoxy) is 1. The van der Waals surface area contributed by atoms with Crippen molar-refractivity contribution in [1.29, 1.82) is 0 Å². The first kappa shape index (κ1) is 16.3. The molecule has 0 aliphatic carbocycles. The maximum absolute atomic E-state index is 5.39. The summed E-state index contributed by atoms with van der Waals surface area (Å²) in [6.45, 7) is 6.57. The van der Waals surface area contributed by atoms with Crippen LogP contribution in [0.1, 0.15) is 12.0 Å². The molecule has 1 aromatic carbocycles. The third kappa shape index (κ3) is 3.91.